The number of carbonyl (C=O) groups excluding carboxylic acids is 1. The lowest BCUT2D eigenvalue weighted by Gasteiger charge is -2.43. The van der Waals surface area contributed by atoms with Crippen molar-refractivity contribution in [1.82, 2.24) is 9.88 Å². The van der Waals surface area contributed by atoms with Crippen LogP contribution in [-0.2, 0) is 30.7 Å². The standard InChI is InChI=1S/C21H16Cl3F4N3O4S/c1-36(33,34)8-17(32)31-9-19(25,10-31)16-3-2-11(7-29-16)15-6-20(35-30-15,21(26,27)28)12-4-13(22)18(24)14(23)5-12/h2-5,7H,6,8-10H2,1H3. The Bertz CT molecular complexity index is 1340. The molecule has 1 saturated heterocycles. The number of halogens is 7. The Morgan fingerprint density at radius 3 is 2.28 bits per heavy atom. The van der Waals surface area contributed by atoms with Gasteiger partial charge in [-0.15, -0.1) is 0 Å². The van der Waals surface area contributed by atoms with Crippen molar-refractivity contribution in [2.45, 2.75) is 23.9 Å². The molecule has 15 heteroatoms. The first-order valence-electron chi connectivity index (χ1n) is 10.1. The van der Waals surface area contributed by atoms with Crippen molar-refractivity contribution in [3.8, 4) is 0 Å². The Morgan fingerprint density at radius 2 is 1.78 bits per heavy atom. The first-order valence-corrected chi connectivity index (χ1v) is 13.3. The molecule has 2 aliphatic heterocycles. The Labute approximate surface area is 217 Å². The molecule has 0 saturated carbocycles. The third kappa shape index (κ3) is 4.88. The summed E-state index contributed by atoms with van der Waals surface area (Å²) in [6.45, 7) is -0.792. The fourth-order valence-electron chi connectivity index (χ4n) is 3.89. The average molecular weight is 589 g/mol. The fraction of sp³-hybridized carbons (Fsp3) is 0.381. The highest BCUT2D eigenvalue weighted by Gasteiger charge is 2.62. The highest BCUT2D eigenvalue weighted by molar-refractivity contribution is 7.91. The molecule has 1 amide bonds. The minimum absolute atomic E-state index is 0.0625. The lowest BCUT2D eigenvalue weighted by Crippen LogP contribution is -2.60. The average Bonchev–Trinajstić information content (AvgIpc) is 3.21. The molecule has 4 rings (SSSR count). The molecule has 2 aliphatic rings. The van der Waals surface area contributed by atoms with Crippen LogP contribution >= 0.6 is 34.8 Å². The van der Waals surface area contributed by atoms with Crippen LogP contribution in [0.3, 0.4) is 0 Å². The number of carbonyl (C=O) groups is 1. The Morgan fingerprint density at radius 1 is 1.17 bits per heavy atom. The zero-order valence-corrected chi connectivity index (χ0v) is 21.3. The first-order chi connectivity index (χ1) is 16.5. The molecule has 1 atom stereocenters. The summed E-state index contributed by atoms with van der Waals surface area (Å²) in [5.41, 5.74) is -5.30. The number of nitrogens with zero attached hydrogens (tertiary/aromatic N) is 3. The molecule has 0 radical (unpaired) electrons. The van der Waals surface area contributed by atoms with E-state index in [-0.39, 0.29) is 32.0 Å². The molecule has 0 bridgehead atoms. The summed E-state index contributed by atoms with van der Waals surface area (Å²) < 4.78 is 80.2. The third-order valence-corrected chi connectivity index (χ3v) is 7.78. The van der Waals surface area contributed by atoms with Gasteiger partial charge >= 0.3 is 6.18 Å². The van der Waals surface area contributed by atoms with E-state index in [0.29, 0.717) is 0 Å². The quantitative estimate of drug-likeness (QED) is 0.374. The number of aromatic nitrogens is 1. The highest BCUT2D eigenvalue weighted by Crippen LogP contribution is 2.50. The normalized spacial score (nSPS) is 21.6. The zero-order chi connectivity index (χ0) is 26.7. The van der Waals surface area contributed by atoms with E-state index in [1.165, 1.54) is 12.1 Å². The van der Waals surface area contributed by atoms with E-state index in [9.17, 15) is 26.4 Å². The van der Waals surface area contributed by atoms with Gasteiger partial charge in [-0.1, -0.05) is 40.0 Å². The van der Waals surface area contributed by atoms with E-state index in [1.54, 1.807) is 0 Å². The summed E-state index contributed by atoms with van der Waals surface area (Å²) in [4.78, 5) is 21.9. The number of sulfone groups is 1. The lowest BCUT2D eigenvalue weighted by atomic mass is 9.86. The summed E-state index contributed by atoms with van der Waals surface area (Å²) in [5.74, 6) is -1.47. The minimum Gasteiger partial charge on any atom is -0.374 e. The molecule has 1 aromatic carbocycles. The van der Waals surface area contributed by atoms with E-state index in [0.717, 1.165) is 29.5 Å². The van der Waals surface area contributed by atoms with Crippen molar-refractivity contribution in [2.75, 3.05) is 25.1 Å². The van der Waals surface area contributed by atoms with Gasteiger partial charge in [0.05, 0.1) is 46.0 Å². The van der Waals surface area contributed by atoms with E-state index >= 15 is 4.39 Å². The zero-order valence-electron chi connectivity index (χ0n) is 18.2. The van der Waals surface area contributed by atoms with Gasteiger partial charge < -0.3 is 9.74 Å². The molecule has 36 heavy (non-hydrogen) atoms. The predicted octanol–water partition coefficient (Wildman–Crippen LogP) is 4.68. The van der Waals surface area contributed by atoms with Crippen molar-refractivity contribution < 1.29 is 35.6 Å². The van der Waals surface area contributed by atoms with Crippen LogP contribution in [0.15, 0.2) is 35.6 Å². The van der Waals surface area contributed by atoms with Gasteiger partial charge in [0.25, 0.3) is 5.60 Å². The van der Waals surface area contributed by atoms with E-state index in [1.807, 2.05) is 0 Å². The van der Waals surface area contributed by atoms with Gasteiger partial charge in [-0.25, -0.2) is 12.8 Å². The molecule has 2 aromatic rings. The number of rotatable bonds is 5. The van der Waals surface area contributed by atoms with Crippen molar-refractivity contribution in [3.05, 3.63) is 62.4 Å². The first kappa shape index (κ1) is 26.9. The number of oxime groups is 1. The second-order valence-corrected chi connectivity index (χ2v) is 11.9. The van der Waals surface area contributed by atoms with Crippen LogP contribution in [0.1, 0.15) is 23.2 Å². The monoisotopic (exact) mass is 587 g/mol. The maximum Gasteiger partial charge on any atom is 0.435 e. The van der Waals surface area contributed by atoms with Crippen LogP contribution in [0.25, 0.3) is 0 Å². The van der Waals surface area contributed by atoms with Gasteiger partial charge in [-0.05, 0) is 24.3 Å². The van der Waals surface area contributed by atoms with Crippen LogP contribution in [0.4, 0.5) is 17.6 Å². The van der Waals surface area contributed by atoms with Crippen molar-refractivity contribution >= 4 is 56.3 Å². The lowest BCUT2D eigenvalue weighted by molar-refractivity contribution is -0.275. The molecule has 7 nitrogen and oxygen atoms in total. The van der Waals surface area contributed by atoms with Gasteiger partial charge in [-0.2, -0.15) is 13.2 Å². The molecule has 0 aliphatic carbocycles. The van der Waals surface area contributed by atoms with Gasteiger partial charge in [0, 0.05) is 23.6 Å². The SMILES string of the molecule is CS(=O)(=O)CC(=O)N1CC(F)(c2ccc(C3=NOC(c4cc(Cl)c(Cl)c(Cl)c4)(C(F)(F)F)C3)cn2)C1. The van der Waals surface area contributed by atoms with Crippen LogP contribution in [0.5, 0.6) is 0 Å². The van der Waals surface area contributed by atoms with Crippen LogP contribution in [-0.4, -0.2) is 61.2 Å². The van der Waals surface area contributed by atoms with E-state index in [2.05, 4.69) is 10.1 Å². The maximum atomic E-state index is 15.2. The molecule has 194 valence electrons. The maximum absolute atomic E-state index is 15.2. The Kier molecular flexibility index (Phi) is 6.72. The van der Waals surface area contributed by atoms with Crippen molar-refractivity contribution in [3.63, 3.8) is 0 Å². The highest BCUT2D eigenvalue weighted by atomic mass is 35.5. The van der Waals surface area contributed by atoms with E-state index in [4.69, 9.17) is 39.6 Å². The van der Waals surface area contributed by atoms with Crippen LogP contribution in [0, 0.1) is 0 Å². The number of alkyl halides is 4. The topological polar surface area (TPSA) is 88.9 Å². The second-order valence-electron chi connectivity index (χ2n) is 8.60. The predicted molar refractivity (Wildman–Crippen MR) is 125 cm³/mol. The summed E-state index contributed by atoms with van der Waals surface area (Å²) in [6.07, 6.45) is -3.61. The minimum atomic E-state index is -4.91. The Balaban J connectivity index is 1.52. The molecule has 1 aromatic heterocycles. The summed E-state index contributed by atoms with van der Waals surface area (Å²) in [6, 6.07) is 4.60. The number of likely N-dealkylation sites (tertiary alicyclic amines) is 1. The fourth-order valence-corrected chi connectivity index (χ4v) is 5.12. The summed E-state index contributed by atoms with van der Waals surface area (Å²) >= 11 is 17.7. The third-order valence-electron chi connectivity index (χ3n) is 5.81. The number of pyridine rings is 1. The van der Waals surface area contributed by atoms with Gasteiger partial charge in [0.1, 0.15) is 5.75 Å². The number of hydrogen-bond donors (Lipinski definition) is 0. The summed E-state index contributed by atoms with van der Waals surface area (Å²) in [5, 5.41) is 3.13. The number of amides is 1. The summed E-state index contributed by atoms with van der Waals surface area (Å²) in [7, 11) is -3.56. The largest absolute Gasteiger partial charge is 0.435 e. The van der Waals surface area contributed by atoms with Crippen molar-refractivity contribution in [2.24, 2.45) is 5.16 Å². The molecular formula is C21H16Cl3F4N3O4S. The molecule has 1 unspecified atom stereocenters. The van der Waals surface area contributed by atoms with Crippen LogP contribution in [0.2, 0.25) is 15.1 Å². The molecule has 0 N–H and O–H groups in total. The van der Waals surface area contributed by atoms with E-state index < -0.39 is 64.0 Å². The molecule has 3 heterocycles. The number of benzene rings is 1. The van der Waals surface area contributed by atoms with Gasteiger partial charge in [0.2, 0.25) is 5.91 Å². The second kappa shape index (κ2) is 9.00. The van der Waals surface area contributed by atoms with Crippen LogP contribution < -0.4 is 0 Å². The van der Waals surface area contributed by atoms with Gasteiger partial charge in [0.15, 0.2) is 15.5 Å². The molecule has 1 fully saturated rings. The number of hydrogen-bond acceptors (Lipinski definition) is 6. The Hall–Kier alpha value is -2.15. The molecular weight excluding hydrogens is 573 g/mol. The smallest absolute Gasteiger partial charge is 0.374 e. The van der Waals surface area contributed by atoms with Gasteiger partial charge in [-0.3, -0.25) is 9.78 Å². The molecule has 0 spiro atoms. The van der Waals surface area contributed by atoms with Crippen molar-refractivity contribution in [1.29, 1.82) is 0 Å².